The summed E-state index contributed by atoms with van der Waals surface area (Å²) in [6.45, 7) is 7.78. The summed E-state index contributed by atoms with van der Waals surface area (Å²) in [7, 11) is 1.48. The Kier molecular flexibility index (Phi) is 11.4. The van der Waals surface area contributed by atoms with Gasteiger partial charge in [-0.2, -0.15) is 0 Å². The molecule has 0 aromatic heterocycles. The monoisotopic (exact) mass is 440 g/mol. The van der Waals surface area contributed by atoms with Crippen molar-refractivity contribution in [2.24, 2.45) is 11.8 Å². The van der Waals surface area contributed by atoms with E-state index in [-0.39, 0.29) is 24.9 Å². The highest BCUT2D eigenvalue weighted by atomic mass is 35.5. The van der Waals surface area contributed by atoms with E-state index in [1.54, 1.807) is 24.3 Å². The molecule has 0 aliphatic carbocycles. The Balaban J connectivity index is 2.59. The zero-order chi connectivity index (χ0) is 22.7. The number of halogens is 1. The number of alkyl carbamates (subject to hydrolysis) is 1. The van der Waals surface area contributed by atoms with Crippen LogP contribution in [0.15, 0.2) is 24.3 Å². The van der Waals surface area contributed by atoms with Crippen molar-refractivity contribution in [2.75, 3.05) is 13.7 Å². The molecule has 0 saturated heterocycles. The topological polar surface area (TPSA) is 93.7 Å². The molecule has 0 aliphatic heterocycles. The molecule has 0 radical (unpaired) electrons. The molecule has 0 bridgehead atoms. The molecule has 2 atom stereocenters. The Morgan fingerprint density at radius 3 is 2.13 bits per heavy atom. The van der Waals surface area contributed by atoms with Crippen molar-refractivity contribution in [1.29, 1.82) is 0 Å². The Morgan fingerprint density at radius 1 is 1.00 bits per heavy atom. The molecule has 1 aromatic carbocycles. The van der Waals surface area contributed by atoms with E-state index < -0.39 is 24.1 Å². The average molecular weight is 441 g/mol. The summed E-state index contributed by atoms with van der Waals surface area (Å²) in [4.78, 5) is 37.0. The summed E-state index contributed by atoms with van der Waals surface area (Å²) in [5, 5.41) is 5.79. The summed E-state index contributed by atoms with van der Waals surface area (Å²) in [5.41, 5.74) is 0.778. The molecule has 168 valence electrons. The van der Waals surface area contributed by atoms with Crippen LogP contribution in [0, 0.1) is 11.8 Å². The second-order valence-electron chi connectivity index (χ2n) is 8.07. The number of benzene rings is 1. The van der Waals surface area contributed by atoms with Gasteiger partial charge >= 0.3 is 6.09 Å². The summed E-state index contributed by atoms with van der Waals surface area (Å²) in [6.07, 6.45) is -0.274. The molecule has 7 nitrogen and oxygen atoms in total. The third-order valence-corrected chi connectivity index (χ3v) is 4.62. The number of hydrogen-bond acceptors (Lipinski definition) is 5. The third-order valence-electron chi connectivity index (χ3n) is 4.36. The number of carbonyl (C=O) groups is 3. The minimum Gasteiger partial charge on any atom is -0.445 e. The SMILES string of the molecule is CO[C@@H](CC(C)C)C(=O)CNC(=O)[C@H](CC(C)C)NC(=O)OCc1ccc(Cl)cc1. The van der Waals surface area contributed by atoms with Crippen LogP contribution in [-0.4, -0.2) is 43.6 Å². The lowest BCUT2D eigenvalue weighted by Crippen LogP contribution is -2.49. The van der Waals surface area contributed by atoms with Crippen LogP contribution in [0.3, 0.4) is 0 Å². The molecule has 0 fully saturated rings. The molecule has 0 unspecified atom stereocenters. The quantitative estimate of drug-likeness (QED) is 0.516. The summed E-state index contributed by atoms with van der Waals surface area (Å²) >= 11 is 5.84. The van der Waals surface area contributed by atoms with Gasteiger partial charge in [0.25, 0.3) is 0 Å². The molecule has 8 heteroatoms. The maximum atomic E-state index is 12.6. The van der Waals surface area contributed by atoms with Gasteiger partial charge in [-0.3, -0.25) is 9.59 Å². The van der Waals surface area contributed by atoms with Crippen LogP contribution in [-0.2, 0) is 25.7 Å². The summed E-state index contributed by atoms with van der Waals surface area (Å²) in [5.74, 6) is -0.186. The smallest absolute Gasteiger partial charge is 0.408 e. The highest BCUT2D eigenvalue weighted by Crippen LogP contribution is 2.11. The minimum atomic E-state index is -0.804. The van der Waals surface area contributed by atoms with Gasteiger partial charge in [-0.1, -0.05) is 51.4 Å². The van der Waals surface area contributed by atoms with Crippen molar-refractivity contribution >= 4 is 29.4 Å². The van der Waals surface area contributed by atoms with Crippen LogP contribution in [0.5, 0.6) is 0 Å². The number of ether oxygens (including phenoxy) is 2. The first-order chi connectivity index (χ1) is 14.1. The van der Waals surface area contributed by atoms with Crippen LogP contribution in [0.2, 0.25) is 5.02 Å². The first-order valence-corrected chi connectivity index (χ1v) is 10.5. The lowest BCUT2D eigenvalue weighted by atomic mass is 10.0. The summed E-state index contributed by atoms with van der Waals surface area (Å²) < 4.78 is 10.4. The van der Waals surface area contributed by atoms with Crippen molar-refractivity contribution in [1.82, 2.24) is 10.6 Å². The van der Waals surface area contributed by atoms with Crippen LogP contribution >= 0.6 is 11.6 Å². The van der Waals surface area contributed by atoms with Gasteiger partial charge in [0, 0.05) is 12.1 Å². The first kappa shape index (κ1) is 25.9. The van der Waals surface area contributed by atoms with Gasteiger partial charge in [0.2, 0.25) is 5.91 Å². The van der Waals surface area contributed by atoms with Gasteiger partial charge in [-0.15, -0.1) is 0 Å². The number of carbonyl (C=O) groups excluding carboxylic acids is 3. The number of amides is 2. The Morgan fingerprint density at radius 2 is 1.60 bits per heavy atom. The van der Waals surface area contributed by atoms with E-state index in [9.17, 15) is 14.4 Å². The molecule has 0 saturated carbocycles. The number of hydrogen-bond donors (Lipinski definition) is 2. The highest BCUT2D eigenvalue weighted by Gasteiger charge is 2.25. The van der Waals surface area contributed by atoms with E-state index in [0.29, 0.717) is 23.8 Å². The standard InChI is InChI=1S/C22H33ClN2O5/c1-14(2)10-18(21(27)24-12-19(26)20(29-5)11-15(3)4)25-22(28)30-13-16-6-8-17(23)9-7-16/h6-9,14-15,18,20H,10-13H2,1-5H3,(H,24,27)(H,25,28)/t18-,20-/m0/s1. The molecule has 30 heavy (non-hydrogen) atoms. The van der Waals surface area contributed by atoms with Crippen molar-refractivity contribution in [3.8, 4) is 0 Å². The Labute approximate surface area is 183 Å². The number of methoxy groups -OCH3 is 1. The fourth-order valence-electron chi connectivity index (χ4n) is 2.81. The fraction of sp³-hybridized carbons (Fsp3) is 0.591. The average Bonchev–Trinajstić information content (AvgIpc) is 2.68. The third kappa shape index (κ3) is 10.1. The predicted octanol–water partition coefficient (Wildman–Crippen LogP) is 3.73. The first-order valence-electron chi connectivity index (χ1n) is 10.1. The van der Waals surface area contributed by atoms with Gasteiger partial charge in [0.15, 0.2) is 5.78 Å². The molecule has 1 rings (SSSR count). The fourth-order valence-corrected chi connectivity index (χ4v) is 2.94. The molecule has 2 amide bonds. The zero-order valence-electron chi connectivity index (χ0n) is 18.4. The molecular weight excluding hydrogens is 408 g/mol. The molecule has 0 spiro atoms. The molecule has 2 N–H and O–H groups in total. The zero-order valence-corrected chi connectivity index (χ0v) is 19.1. The molecule has 1 aromatic rings. The molecular formula is C22H33ClN2O5. The maximum Gasteiger partial charge on any atom is 0.408 e. The minimum absolute atomic E-state index is 0.0578. The van der Waals surface area contributed by atoms with Crippen molar-refractivity contribution in [3.05, 3.63) is 34.9 Å². The normalized spacial score (nSPS) is 13.1. The number of rotatable bonds is 12. The van der Waals surface area contributed by atoms with Gasteiger partial charge in [-0.05, 0) is 42.4 Å². The second-order valence-corrected chi connectivity index (χ2v) is 8.50. The highest BCUT2D eigenvalue weighted by molar-refractivity contribution is 6.30. The van der Waals surface area contributed by atoms with Crippen molar-refractivity contribution in [2.45, 2.75) is 59.3 Å². The van der Waals surface area contributed by atoms with Crippen molar-refractivity contribution in [3.63, 3.8) is 0 Å². The van der Waals surface area contributed by atoms with Gasteiger partial charge in [0.05, 0.1) is 6.54 Å². The number of nitrogens with one attached hydrogen (secondary N) is 2. The van der Waals surface area contributed by atoms with E-state index in [1.807, 2.05) is 27.7 Å². The Bertz CT molecular complexity index is 691. The Hall–Kier alpha value is -2.12. The predicted molar refractivity (Wildman–Crippen MR) is 116 cm³/mol. The lowest BCUT2D eigenvalue weighted by molar-refractivity contribution is -0.132. The van der Waals surface area contributed by atoms with Crippen LogP contribution in [0.25, 0.3) is 0 Å². The maximum absolute atomic E-state index is 12.6. The lowest BCUT2D eigenvalue weighted by Gasteiger charge is -2.21. The van der Waals surface area contributed by atoms with E-state index in [4.69, 9.17) is 21.1 Å². The van der Waals surface area contributed by atoms with E-state index >= 15 is 0 Å². The second kappa shape index (κ2) is 13.2. The largest absolute Gasteiger partial charge is 0.445 e. The van der Waals surface area contributed by atoms with Crippen LogP contribution < -0.4 is 10.6 Å². The number of Topliss-reactive ketones (excluding diaryl/α,β-unsaturated/α-hetero) is 1. The van der Waals surface area contributed by atoms with Crippen LogP contribution in [0.4, 0.5) is 4.79 Å². The van der Waals surface area contributed by atoms with Crippen molar-refractivity contribution < 1.29 is 23.9 Å². The summed E-state index contributed by atoms with van der Waals surface area (Å²) in [6, 6.07) is 6.11. The van der Waals surface area contributed by atoms with Crippen LogP contribution in [0.1, 0.15) is 46.1 Å². The van der Waals surface area contributed by atoms with E-state index in [1.165, 1.54) is 7.11 Å². The molecule has 0 heterocycles. The number of ketones is 1. The van der Waals surface area contributed by atoms with Gasteiger partial charge in [0.1, 0.15) is 18.8 Å². The van der Waals surface area contributed by atoms with Gasteiger partial charge < -0.3 is 20.1 Å². The van der Waals surface area contributed by atoms with E-state index in [0.717, 1.165) is 5.56 Å². The molecule has 0 aliphatic rings. The van der Waals surface area contributed by atoms with E-state index in [2.05, 4.69) is 10.6 Å². The van der Waals surface area contributed by atoms with Gasteiger partial charge in [-0.25, -0.2) is 4.79 Å².